The molecule has 0 spiro atoms. The van der Waals surface area contributed by atoms with Crippen LogP contribution in [0.2, 0.25) is 5.02 Å². The quantitative estimate of drug-likeness (QED) is 0.634. The molecule has 8 heteroatoms. The molecule has 2 aromatic heterocycles. The van der Waals surface area contributed by atoms with E-state index in [1.165, 1.54) is 0 Å². The third-order valence-corrected chi connectivity index (χ3v) is 5.15. The maximum atomic E-state index is 12.8. The van der Waals surface area contributed by atoms with Crippen LogP contribution in [0.5, 0.6) is 5.75 Å². The summed E-state index contributed by atoms with van der Waals surface area (Å²) in [6, 6.07) is 12.5. The fraction of sp³-hybridized carbons (Fsp3) is 0.318. The van der Waals surface area contributed by atoms with Gasteiger partial charge in [-0.05, 0) is 69.2 Å². The Morgan fingerprint density at radius 3 is 2.73 bits per heavy atom. The van der Waals surface area contributed by atoms with Crippen LogP contribution in [0, 0.1) is 13.8 Å². The molecule has 7 nitrogen and oxygen atoms in total. The summed E-state index contributed by atoms with van der Waals surface area (Å²) in [4.78, 5) is 17.2. The first-order valence-electron chi connectivity index (χ1n) is 9.85. The lowest BCUT2D eigenvalue weighted by atomic mass is 10.2. The van der Waals surface area contributed by atoms with Crippen molar-refractivity contribution in [3.8, 4) is 11.6 Å². The lowest BCUT2D eigenvalue weighted by Gasteiger charge is -2.12. The van der Waals surface area contributed by atoms with E-state index >= 15 is 0 Å². The first kappa shape index (κ1) is 20.4. The summed E-state index contributed by atoms with van der Waals surface area (Å²) in [5.41, 5.74) is 2.56. The van der Waals surface area contributed by atoms with Crippen LogP contribution in [0.3, 0.4) is 0 Å². The van der Waals surface area contributed by atoms with E-state index < -0.39 is 5.91 Å². The number of hydrogen-bond donors (Lipinski definition) is 1. The summed E-state index contributed by atoms with van der Waals surface area (Å²) in [6.07, 6.45) is 2.27. The molecule has 0 aliphatic carbocycles. The molecule has 1 atom stereocenters. The van der Waals surface area contributed by atoms with Crippen LogP contribution in [0.1, 0.15) is 34.7 Å². The number of amides is 1. The molecule has 3 aromatic rings. The molecule has 1 unspecified atom stereocenters. The molecule has 1 fully saturated rings. The van der Waals surface area contributed by atoms with E-state index in [1.807, 2.05) is 32.0 Å². The van der Waals surface area contributed by atoms with Gasteiger partial charge in [0.2, 0.25) is 0 Å². The van der Waals surface area contributed by atoms with Gasteiger partial charge in [-0.3, -0.25) is 4.79 Å². The highest BCUT2D eigenvalue weighted by Crippen LogP contribution is 2.21. The van der Waals surface area contributed by atoms with Crippen LogP contribution < -0.4 is 10.1 Å². The number of hydrogen-bond acceptors (Lipinski definition) is 5. The molecule has 0 bridgehead atoms. The molecule has 1 amide bonds. The predicted octanol–water partition coefficient (Wildman–Crippen LogP) is 4.35. The van der Waals surface area contributed by atoms with Crippen LogP contribution in [0.25, 0.3) is 5.82 Å². The van der Waals surface area contributed by atoms with Crippen molar-refractivity contribution in [2.75, 3.05) is 18.5 Å². The van der Waals surface area contributed by atoms with Crippen LogP contribution in [-0.2, 0) is 4.74 Å². The number of pyridine rings is 1. The minimum absolute atomic E-state index is 0.139. The highest BCUT2D eigenvalue weighted by molar-refractivity contribution is 6.34. The lowest BCUT2D eigenvalue weighted by molar-refractivity contribution is 0.0679. The third kappa shape index (κ3) is 4.63. The Balaban J connectivity index is 1.44. The number of rotatable bonds is 6. The second-order valence-electron chi connectivity index (χ2n) is 7.26. The molecule has 0 saturated carbocycles. The molecule has 1 N–H and O–H groups in total. The van der Waals surface area contributed by atoms with Gasteiger partial charge < -0.3 is 14.8 Å². The number of benzene rings is 1. The number of nitrogens with one attached hydrogen (secondary N) is 1. The second kappa shape index (κ2) is 8.85. The van der Waals surface area contributed by atoms with Gasteiger partial charge in [-0.2, -0.15) is 5.10 Å². The van der Waals surface area contributed by atoms with Crippen molar-refractivity contribution in [2.45, 2.75) is 32.8 Å². The van der Waals surface area contributed by atoms with Gasteiger partial charge in [-0.15, -0.1) is 0 Å². The number of carbonyl (C=O) groups is 1. The van der Waals surface area contributed by atoms with Crippen LogP contribution in [0.15, 0.2) is 42.5 Å². The molecule has 30 heavy (non-hydrogen) atoms. The minimum atomic E-state index is -0.392. The first-order valence-corrected chi connectivity index (χ1v) is 10.2. The smallest absolute Gasteiger partial charge is 0.275 e. The highest BCUT2D eigenvalue weighted by atomic mass is 35.5. The number of anilines is 1. The number of aryl methyl sites for hydroxylation is 2. The molecular formula is C22H23ClN4O3. The van der Waals surface area contributed by atoms with E-state index in [-0.39, 0.29) is 16.8 Å². The van der Waals surface area contributed by atoms with Crippen molar-refractivity contribution in [2.24, 2.45) is 0 Å². The maximum absolute atomic E-state index is 12.8. The zero-order valence-electron chi connectivity index (χ0n) is 16.9. The number of aromatic nitrogens is 3. The summed E-state index contributed by atoms with van der Waals surface area (Å²) >= 11 is 6.23. The SMILES string of the molecule is Cc1cc(C)n(-c2ccc(Cl)c(C(=O)Nc3ccc(OCC4CCCO4)cc3)n2)n1. The van der Waals surface area contributed by atoms with E-state index in [0.717, 1.165) is 36.6 Å². The van der Waals surface area contributed by atoms with Gasteiger partial charge in [-0.1, -0.05) is 11.6 Å². The van der Waals surface area contributed by atoms with Crippen LogP contribution in [0.4, 0.5) is 5.69 Å². The summed E-state index contributed by atoms with van der Waals surface area (Å²) in [6.45, 7) is 5.17. The van der Waals surface area contributed by atoms with Crippen molar-refractivity contribution < 1.29 is 14.3 Å². The summed E-state index contributed by atoms with van der Waals surface area (Å²) in [5, 5.41) is 7.51. The minimum Gasteiger partial charge on any atom is -0.491 e. The Kier molecular flexibility index (Phi) is 6.01. The van der Waals surface area contributed by atoms with Crippen molar-refractivity contribution in [1.82, 2.24) is 14.8 Å². The summed E-state index contributed by atoms with van der Waals surface area (Å²) < 4.78 is 13.0. The Morgan fingerprint density at radius 1 is 1.27 bits per heavy atom. The predicted molar refractivity (Wildman–Crippen MR) is 115 cm³/mol. The number of carbonyl (C=O) groups excluding carboxylic acids is 1. The molecular weight excluding hydrogens is 404 g/mol. The molecule has 1 aliphatic heterocycles. The normalized spacial score (nSPS) is 15.9. The lowest BCUT2D eigenvalue weighted by Crippen LogP contribution is -2.17. The fourth-order valence-electron chi connectivity index (χ4n) is 3.36. The Hall–Kier alpha value is -2.90. The van der Waals surface area contributed by atoms with Gasteiger partial charge >= 0.3 is 0 Å². The molecule has 1 aromatic carbocycles. The van der Waals surface area contributed by atoms with Crippen molar-refractivity contribution in [1.29, 1.82) is 0 Å². The number of ether oxygens (including phenoxy) is 2. The van der Waals surface area contributed by atoms with Gasteiger partial charge in [0.15, 0.2) is 5.82 Å². The Morgan fingerprint density at radius 2 is 2.07 bits per heavy atom. The van der Waals surface area contributed by atoms with E-state index in [0.29, 0.717) is 18.1 Å². The largest absolute Gasteiger partial charge is 0.491 e. The number of nitrogens with zero attached hydrogens (tertiary/aromatic N) is 3. The topological polar surface area (TPSA) is 78.3 Å². The van der Waals surface area contributed by atoms with E-state index in [9.17, 15) is 4.79 Å². The Labute approximate surface area is 180 Å². The molecule has 3 heterocycles. The first-order chi connectivity index (χ1) is 14.5. The molecule has 0 radical (unpaired) electrons. The van der Waals surface area contributed by atoms with Crippen LogP contribution >= 0.6 is 11.6 Å². The Bertz CT molecular complexity index is 1040. The third-order valence-electron chi connectivity index (χ3n) is 4.85. The van der Waals surface area contributed by atoms with Gasteiger partial charge in [0.05, 0.1) is 16.8 Å². The average Bonchev–Trinajstić information content (AvgIpc) is 3.37. The van der Waals surface area contributed by atoms with Crippen molar-refractivity contribution in [3.63, 3.8) is 0 Å². The molecule has 1 saturated heterocycles. The fourth-order valence-corrected chi connectivity index (χ4v) is 3.55. The summed E-state index contributed by atoms with van der Waals surface area (Å²) in [5.74, 6) is 0.871. The van der Waals surface area contributed by atoms with E-state index in [4.69, 9.17) is 21.1 Å². The van der Waals surface area contributed by atoms with Crippen molar-refractivity contribution >= 4 is 23.2 Å². The summed E-state index contributed by atoms with van der Waals surface area (Å²) in [7, 11) is 0. The van der Waals surface area contributed by atoms with Gasteiger partial charge in [0, 0.05) is 18.0 Å². The van der Waals surface area contributed by atoms with E-state index in [1.54, 1.807) is 28.9 Å². The highest BCUT2D eigenvalue weighted by Gasteiger charge is 2.17. The number of halogens is 1. The zero-order chi connectivity index (χ0) is 21.1. The molecule has 156 valence electrons. The van der Waals surface area contributed by atoms with Gasteiger partial charge in [-0.25, -0.2) is 9.67 Å². The maximum Gasteiger partial charge on any atom is 0.275 e. The van der Waals surface area contributed by atoms with E-state index in [2.05, 4.69) is 15.4 Å². The van der Waals surface area contributed by atoms with Crippen LogP contribution in [-0.4, -0.2) is 40.0 Å². The molecule has 1 aliphatic rings. The second-order valence-corrected chi connectivity index (χ2v) is 7.67. The standard InChI is InChI=1S/C22H23ClN4O3/c1-14-12-15(2)27(26-14)20-10-9-19(23)21(25-20)22(28)24-16-5-7-17(8-6-16)30-13-18-4-3-11-29-18/h5-10,12,18H,3-4,11,13H2,1-2H3,(H,24,28). The average molecular weight is 427 g/mol. The zero-order valence-corrected chi connectivity index (χ0v) is 17.6. The van der Waals surface area contributed by atoms with Gasteiger partial charge in [0.25, 0.3) is 5.91 Å². The van der Waals surface area contributed by atoms with Crippen molar-refractivity contribution in [3.05, 3.63) is 64.6 Å². The monoisotopic (exact) mass is 426 g/mol. The van der Waals surface area contributed by atoms with Gasteiger partial charge in [0.1, 0.15) is 18.1 Å². The molecule has 4 rings (SSSR count).